The molecule has 0 amide bonds. The fourth-order valence-corrected chi connectivity index (χ4v) is 2.04. The van der Waals surface area contributed by atoms with Crippen molar-refractivity contribution in [3.63, 3.8) is 0 Å². The summed E-state index contributed by atoms with van der Waals surface area (Å²) < 4.78 is 19.1. The number of hydrogen-bond acceptors (Lipinski definition) is 2. The molecule has 0 aliphatic carbocycles. The molecule has 0 bridgehead atoms. The zero-order valence-corrected chi connectivity index (χ0v) is 11.5. The smallest absolute Gasteiger partial charge is 0.132 e. The minimum atomic E-state index is -0.326. The fraction of sp³-hybridized carbons (Fsp3) is 0.200. The Morgan fingerprint density at radius 1 is 1.16 bits per heavy atom. The minimum Gasteiger partial charge on any atom is -0.457 e. The van der Waals surface area contributed by atoms with Crippen molar-refractivity contribution in [2.24, 2.45) is 5.73 Å². The van der Waals surface area contributed by atoms with Crippen LogP contribution in [0.15, 0.2) is 36.4 Å². The Hall–Kier alpha value is -1.58. The molecule has 2 rings (SSSR count). The molecule has 0 saturated heterocycles. The highest BCUT2D eigenvalue weighted by Gasteiger charge is 2.11. The summed E-state index contributed by atoms with van der Waals surface area (Å²) in [5.41, 5.74) is 7.37. The summed E-state index contributed by atoms with van der Waals surface area (Å²) in [4.78, 5) is 0. The lowest BCUT2D eigenvalue weighted by molar-refractivity contribution is 0.466. The first-order chi connectivity index (χ1) is 8.97. The summed E-state index contributed by atoms with van der Waals surface area (Å²) in [6.45, 7) is 3.69. The van der Waals surface area contributed by atoms with Crippen LogP contribution >= 0.6 is 11.6 Å². The molecule has 2 N–H and O–H groups in total. The van der Waals surface area contributed by atoms with Gasteiger partial charge in [0.1, 0.15) is 17.3 Å². The van der Waals surface area contributed by atoms with Gasteiger partial charge in [0.15, 0.2) is 0 Å². The molecular weight excluding hydrogens is 265 g/mol. The number of rotatable bonds is 3. The molecule has 0 saturated carbocycles. The number of ether oxygens (including phenoxy) is 1. The third kappa shape index (κ3) is 3.25. The van der Waals surface area contributed by atoms with E-state index in [2.05, 4.69) is 0 Å². The topological polar surface area (TPSA) is 35.2 Å². The lowest BCUT2D eigenvalue weighted by atomic mass is 10.1. The highest BCUT2D eigenvalue weighted by Crippen LogP contribution is 2.32. The van der Waals surface area contributed by atoms with Crippen LogP contribution in [0.1, 0.15) is 24.1 Å². The van der Waals surface area contributed by atoms with Crippen LogP contribution in [0.4, 0.5) is 4.39 Å². The van der Waals surface area contributed by atoms with Gasteiger partial charge in [0.05, 0.1) is 0 Å². The second-order valence-corrected chi connectivity index (χ2v) is 4.92. The van der Waals surface area contributed by atoms with E-state index < -0.39 is 0 Å². The molecular formula is C15H15ClFNO. The minimum absolute atomic E-state index is 0.307. The highest BCUT2D eigenvalue weighted by atomic mass is 35.5. The van der Waals surface area contributed by atoms with Crippen molar-refractivity contribution < 1.29 is 9.13 Å². The van der Waals surface area contributed by atoms with Crippen LogP contribution in [-0.4, -0.2) is 0 Å². The van der Waals surface area contributed by atoms with Crippen LogP contribution in [0.25, 0.3) is 0 Å². The lowest BCUT2D eigenvalue weighted by Gasteiger charge is -2.15. The van der Waals surface area contributed by atoms with Gasteiger partial charge in [0.25, 0.3) is 0 Å². The normalized spacial score (nSPS) is 12.3. The summed E-state index contributed by atoms with van der Waals surface area (Å²) in [5, 5.41) is 0.649. The number of nitrogens with two attached hydrogens (primary N) is 1. The summed E-state index contributed by atoms with van der Waals surface area (Å²) in [7, 11) is 0. The van der Waals surface area contributed by atoms with E-state index >= 15 is 0 Å². The van der Waals surface area contributed by atoms with Crippen LogP contribution in [0.3, 0.4) is 0 Å². The molecule has 1 atom stereocenters. The monoisotopic (exact) mass is 279 g/mol. The Morgan fingerprint density at radius 3 is 2.47 bits per heavy atom. The van der Waals surface area contributed by atoms with Gasteiger partial charge >= 0.3 is 0 Å². The van der Waals surface area contributed by atoms with E-state index in [-0.39, 0.29) is 11.9 Å². The molecule has 0 aromatic heterocycles. The van der Waals surface area contributed by atoms with Gasteiger partial charge in [-0.3, -0.25) is 0 Å². The predicted molar refractivity (Wildman–Crippen MR) is 75.3 cm³/mol. The van der Waals surface area contributed by atoms with Crippen molar-refractivity contribution in [1.29, 1.82) is 0 Å². The van der Waals surface area contributed by atoms with Crippen molar-refractivity contribution in [1.82, 2.24) is 0 Å². The molecule has 19 heavy (non-hydrogen) atoms. The molecule has 0 radical (unpaired) electrons. The third-order valence-corrected chi connectivity index (χ3v) is 3.05. The van der Waals surface area contributed by atoms with Crippen LogP contribution in [-0.2, 0) is 0 Å². The maximum Gasteiger partial charge on any atom is 0.132 e. The standard InChI is InChI=1S/C15H15ClFNO/c1-9-7-11(16)3-5-14(9)19-15-6-4-12(17)8-13(15)10(2)18/h3-8,10H,18H2,1-2H3. The van der Waals surface area contributed by atoms with Gasteiger partial charge in [-0.05, 0) is 55.8 Å². The Labute approximate surface area is 117 Å². The first-order valence-corrected chi connectivity index (χ1v) is 6.34. The average molecular weight is 280 g/mol. The van der Waals surface area contributed by atoms with Gasteiger partial charge in [0.2, 0.25) is 0 Å². The fourth-order valence-electron chi connectivity index (χ4n) is 1.81. The van der Waals surface area contributed by atoms with Crippen molar-refractivity contribution in [2.45, 2.75) is 19.9 Å². The second kappa shape index (κ2) is 5.59. The zero-order valence-electron chi connectivity index (χ0n) is 10.8. The number of halogens is 2. The SMILES string of the molecule is Cc1cc(Cl)ccc1Oc1ccc(F)cc1C(C)N. The number of hydrogen-bond donors (Lipinski definition) is 1. The molecule has 2 aromatic carbocycles. The summed E-state index contributed by atoms with van der Waals surface area (Å²) >= 11 is 5.90. The maximum absolute atomic E-state index is 13.2. The molecule has 0 aliphatic rings. The van der Waals surface area contributed by atoms with Gasteiger partial charge in [-0.1, -0.05) is 11.6 Å². The predicted octanol–water partition coefficient (Wildman–Crippen LogP) is 4.60. The van der Waals surface area contributed by atoms with Gasteiger partial charge < -0.3 is 10.5 Å². The average Bonchev–Trinajstić information content (AvgIpc) is 2.34. The Morgan fingerprint density at radius 2 is 1.84 bits per heavy atom. The number of benzene rings is 2. The van der Waals surface area contributed by atoms with Gasteiger partial charge in [-0.15, -0.1) is 0 Å². The maximum atomic E-state index is 13.2. The molecule has 100 valence electrons. The molecule has 0 heterocycles. The first kappa shape index (κ1) is 13.8. The molecule has 2 nitrogen and oxygen atoms in total. The molecule has 2 aromatic rings. The van der Waals surface area contributed by atoms with Crippen molar-refractivity contribution in [3.05, 3.63) is 58.4 Å². The highest BCUT2D eigenvalue weighted by molar-refractivity contribution is 6.30. The molecule has 0 aliphatic heterocycles. The van der Waals surface area contributed by atoms with E-state index in [4.69, 9.17) is 22.1 Å². The first-order valence-electron chi connectivity index (χ1n) is 5.96. The molecule has 0 spiro atoms. The molecule has 4 heteroatoms. The van der Waals surface area contributed by atoms with Crippen LogP contribution in [0.2, 0.25) is 5.02 Å². The van der Waals surface area contributed by atoms with Crippen LogP contribution in [0, 0.1) is 12.7 Å². The Balaban J connectivity index is 2.38. The van der Waals surface area contributed by atoms with Crippen LogP contribution < -0.4 is 10.5 Å². The van der Waals surface area contributed by atoms with E-state index in [1.165, 1.54) is 12.1 Å². The third-order valence-electron chi connectivity index (χ3n) is 2.82. The van der Waals surface area contributed by atoms with E-state index in [9.17, 15) is 4.39 Å². The Kier molecular flexibility index (Phi) is 4.08. The quantitative estimate of drug-likeness (QED) is 0.891. The summed E-state index contributed by atoms with van der Waals surface area (Å²) in [6, 6.07) is 9.37. The largest absolute Gasteiger partial charge is 0.457 e. The summed E-state index contributed by atoms with van der Waals surface area (Å²) in [5.74, 6) is 0.909. The van der Waals surface area contributed by atoms with Crippen molar-refractivity contribution >= 4 is 11.6 Å². The van der Waals surface area contributed by atoms with Gasteiger partial charge in [0, 0.05) is 16.6 Å². The van der Waals surface area contributed by atoms with E-state index in [0.29, 0.717) is 22.1 Å². The number of aryl methyl sites for hydroxylation is 1. The van der Waals surface area contributed by atoms with Gasteiger partial charge in [-0.25, -0.2) is 4.39 Å². The second-order valence-electron chi connectivity index (χ2n) is 4.48. The zero-order chi connectivity index (χ0) is 14.0. The summed E-state index contributed by atoms with van der Waals surface area (Å²) in [6.07, 6.45) is 0. The Bertz CT molecular complexity index is 599. The van der Waals surface area contributed by atoms with Gasteiger partial charge in [-0.2, -0.15) is 0 Å². The van der Waals surface area contributed by atoms with E-state index in [1.807, 2.05) is 13.0 Å². The lowest BCUT2D eigenvalue weighted by Crippen LogP contribution is -2.07. The van der Waals surface area contributed by atoms with E-state index in [0.717, 1.165) is 5.56 Å². The van der Waals surface area contributed by atoms with Crippen LogP contribution in [0.5, 0.6) is 11.5 Å². The van der Waals surface area contributed by atoms with Crippen molar-refractivity contribution in [2.75, 3.05) is 0 Å². The molecule has 1 unspecified atom stereocenters. The van der Waals surface area contributed by atoms with E-state index in [1.54, 1.807) is 25.1 Å². The molecule has 0 fully saturated rings. The van der Waals surface area contributed by atoms with Crippen molar-refractivity contribution in [3.8, 4) is 11.5 Å².